The van der Waals surface area contributed by atoms with E-state index in [-0.39, 0.29) is 19.3 Å². The molecule has 1 N–H and O–H groups in total. The van der Waals surface area contributed by atoms with Crippen LogP contribution < -0.4 is 11.2 Å². The molecule has 2 aromatic rings. The summed E-state index contributed by atoms with van der Waals surface area (Å²) in [6, 6.07) is 10.3. The van der Waals surface area contributed by atoms with Crippen molar-refractivity contribution >= 4 is 14.3 Å². The van der Waals surface area contributed by atoms with Gasteiger partial charge in [0.25, 0.3) is 5.56 Å². The van der Waals surface area contributed by atoms with Crippen molar-refractivity contribution in [1.29, 1.82) is 0 Å². The Labute approximate surface area is 232 Å². The Morgan fingerprint density at radius 3 is 2.15 bits per heavy atom. The van der Waals surface area contributed by atoms with Gasteiger partial charge in [0.2, 0.25) is 0 Å². The van der Waals surface area contributed by atoms with Crippen LogP contribution in [-0.4, -0.2) is 66.7 Å². The molecule has 0 unspecified atom stereocenters. The SMILES string of the molecule is CC(C)N1C[C@H](n2ccc(=O)[nH]c2=O)O[C@@](COC(=O)c2ccccc2)(CO[Si](C(C)C)(C(C)C)C(C)C)C1. The third kappa shape index (κ3) is 6.97. The molecule has 216 valence electrons. The molecule has 1 saturated heterocycles. The Morgan fingerprint density at radius 1 is 1.00 bits per heavy atom. The fraction of sp³-hybridized carbons (Fsp3) is 0.621. The number of rotatable bonds is 11. The summed E-state index contributed by atoms with van der Waals surface area (Å²) in [6.07, 6.45) is 0.741. The van der Waals surface area contributed by atoms with Gasteiger partial charge in [0.15, 0.2) is 14.5 Å². The van der Waals surface area contributed by atoms with E-state index in [0.717, 1.165) is 0 Å². The van der Waals surface area contributed by atoms with Crippen molar-refractivity contribution in [2.45, 2.75) is 89.9 Å². The first-order valence-electron chi connectivity index (χ1n) is 13.9. The summed E-state index contributed by atoms with van der Waals surface area (Å²) in [6.45, 7) is 18.5. The number of carbonyl (C=O) groups excluding carboxylic acids is 1. The zero-order valence-electron chi connectivity index (χ0n) is 24.6. The van der Waals surface area contributed by atoms with Gasteiger partial charge in [-0.1, -0.05) is 59.7 Å². The molecule has 9 nitrogen and oxygen atoms in total. The van der Waals surface area contributed by atoms with Crippen LogP contribution in [0.1, 0.15) is 72.0 Å². The molecule has 0 saturated carbocycles. The van der Waals surface area contributed by atoms with Crippen molar-refractivity contribution in [2.24, 2.45) is 0 Å². The van der Waals surface area contributed by atoms with E-state index < -0.39 is 37.4 Å². The average molecular weight is 560 g/mol. The molecule has 39 heavy (non-hydrogen) atoms. The minimum atomic E-state index is -2.30. The molecule has 1 aliphatic rings. The molecule has 10 heteroatoms. The molecule has 0 aliphatic carbocycles. The van der Waals surface area contributed by atoms with Crippen LogP contribution in [0.3, 0.4) is 0 Å². The predicted octanol–water partition coefficient (Wildman–Crippen LogP) is 4.56. The monoisotopic (exact) mass is 559 g/mol. The molecule has 0 spiro atoms. The highest BCUT2D eigenvalue weighted by atomic mass is 28.4. The van der Waals surface area contributed by atoms with Crippen LogP contribution in [0.15, 0.2) is 52.2 Å². The number of aromatic amines is 1. The molecule has 1 aliphatic heterocycles. The normalized spacial score (nSPS) is 20.8. The number of nitrogens with one attached hydrogen (secondary N) is 1. The van der Waals surface area contributed by atoms with Gasteiger partial charge in [-0.2, -0.15) is 0 Å². The number of ether oxygens (including phenoxy) is 2. The van der Waals surface area contributed by atoms with Gasteiger partial charge >= 0.3 is 11.7 Å². The van der Waals surface area contributed by atoms with Crippen LogP contribution >= 0.6 is 0 Å². The summed E-state index contributed by atoms with van der Waals surface area (Å²) in [5, 5.41) is 0. The van der Waals surface area contributed by atoms with Crippen molar-refractivity contribution in [3.8, 4) is 0 Å². The van der Waals surface area contributed by atoms with Gasteiger partial charge in [-0.25, -0.2) is 9.59 Å². The molecule has 1 fully saturated rings. The Hall–Kier alpha value is -2.53. The molecular weight excluding hydrogens is 514 g/mol. The number of nitrogens with zero attached hydrogens (tertiary/aromatic N) is 2. The van der Waals surface area contributed by atoms with Crippen molar-refractivity contribution in [3.63, 3.8) is 0 Å². The lowest BCUT2D eigenvalue weighted by Crippen LogP contribution is -2.63. The van der Waals surface area contributed by atoms with E-state index in [4.69, 9.17) is 13.9 Å². The lowest BCUT2D eigenvalue weighted by Gasteiger charge is -2.50. The Balaban J connectivity index is 2.03. The molecule has 2 atom stereocenters. The maximum absolute atomic E-state index is 13.0. The highest BCUT2D eigenvalue weighted by Crippen LogP contribution is 2.43. The third-order valence-electron chi connectivity index (χ3n) is 7.93. The van der Waals surface area contributed by atoms with Gasteiger partial charge in [-0.05, 0) is 42.6 Å². The van der Waals surface area contributed by atoms with Gasteiger partial charge in [0.05, 0.1) is 12.2 Å². The number of H-pyrrole nitrogens is 1. The minimum Gasteiger partial charge on any atom is -0.459 e. The van der Waals surface area contributed by atoms with Gasteiger partial charge in [0, 0.05) is 31.4 Å². The van der Waals surface area contributed by atoms with Crippen molar-refractivity contribution in [2.75, 3.05) is 26.3 Å². The number of benzene rings is 1. The first-order valence-corrected chi connectivity index (χ1v) is 16.0. The first kappa shape index (κ1) is 31.0. The van der Waals surface area contributed by atoms with Crippen LogP contribution in [0.2, 0.25) is 16.6 Å². The van der Waals surface area contributed by atoms with E-state index in [1.807, 2.05) is 6.07 Å². The fourth-order valence-corrected chi connectivity index (χ4v) is 11.5. The predicted molar refractivity (Wildman–Crippen MR) is 155 cm³/mol. The van der Waals surface area contributed by atoms with E-state index in [1.54, 1.807) is 24.3 Å². The summed E-state index contributed by atoms with van der Waals surface area (Å²) in [7, 11) is -2.30. The van der Waals surface area contributed by atoms with E-state index in [1.165, 1.54) is 16.8 Å². The molecule has 2 heterocycles. The molecular formula is C29H45N3O6Si. The number of aromatic nitrogens is 2. The lowest BCUT2D eigenvalue weighted by molar-refractivity contribution is -0.217. The number of carbonyl (C=O) groups is 1. The zero-order valence-corrected chi connectivity index (χ0v) is 25.6. The van der Waals surface area contributed by atoms with Crippen LogP contribution in [0.4, 0.5) is 0 Å². The zero-order chi connectivity index (χ0) is 29.0. The minimum absolute atomic E-state index is 0.0443. The highest BCUT2D eigenvalue weighted by molar-refractivity contribution is 6.77. The van der Waals surface area contributed by atoms with E-state index >= 15 is 0 Å². The molecule has 0 radical (unpaired) electrons. The third-order valence-corrected chi connectivity index (χ3v) is 14.0. The van der Waals surface area contributed by atoms with E-state index in [9.17, 15) is 14.4 Å². The number of esters is 1. The smallest absolute Gasteiger partial charge is 0.338 e. The fourth-order valence-electron chi connectivity index (χ4n) is 6.00. The van der Waals surface area contributed by atoms with Gasteiger partial charge in [-0.3, -0.25) is 19.2 Å². The van der Waals surface area contributed by atoms with Crippen LogP contribution in [0.25, 0.3) is 0 Å². The summed E-state index contributed by atoms with van der Waals surface area (Å²) >= 11 is 0. The highest BCUT2D eigenvalue weighted by Gasteiger charge is 2.50. The second kappa shape index (κ2) is 12.8. The Kier molecular flexibility index (Phi) is 10.1. The largest absolute Gasteiger partial charge is 0.459 e. The Bertz CT molecular complexity index is 1190. The summed E-state index contributed by atoms with van der Waals surface area (Å²) in [4.78, 5) is 42.0. The number of hydrogen-bond acceptors (Lipinski definition) is 7. The van der Waals surface area contributed by atoms with Gasteiger partial charge < -0.3 is 13.9 Å². The maximum atomic E-state index is 13.0. The molecule has 1 aromatic heterocycles. The molecule has 0 bridgehead atoms. The van der Waals surface area contributed by atoms with E-state index in [0.29, 0.717) is 35.3 Å². The van der Waals surface area contributed by atoms with Crippen LogP contribution in [-0.2, 0) is 13.9 Å². The van der Waals surface area contributed by atoms with Gasteiger partial charge in [0.1, 0.15) is 12.2 Å². The summed E-state index contributed by atoms with van der Waals surface area (Å²) < 4.78 is 21.0. The van der Waals surface area contributed by atoms with Crippen molar-refractivity contribution in [1.82, 2.24) is 14.5 Å². The second-order valence-corrected chi connectivity index (χ2v) is 17.3. The summed E-state index contributed by atoms with van der Waals surface area (Å²) in [5.41, 5.74) is -0.556. The number of hydrogen-bond donors (Lipinski definition) is 1. The average Bonchev–Trinajstić information content (AvgIpc) is 2.87. The van der Waals surface area contributed by atoms with E-state index in [2.05, 4.69) is 65.3 Å². The molecule has 0 amide bonds. The van der Waals surface area contributed by atoms with Crippen molar-refractivity contribution in [3.05, 3.63) is 69.0 Å². The quantitative estimate of drug-likeness (QED) is 0.318. The summed E-state index contributed by atoms with van der Waals surface area (Å²) in [5.74, 6) is -0.446. The maximum Gasteiger partial charge on any atom is 0.338 e. The van der Waals surface area contributed by atoms with Gasteiger partial charge in [-0.15, -0.1) is 0 Å². The molecule has 1 aromatic carbocycles. The van der Waals surface area contributed by atoms with Crippen LogP contribution in [0, 0.1) is 0 Å². The topological polar surface area (TPSA) is 103 Å². The lowest BCUT2D eigenvalue weighted by atomic mass is 10.0. The standard InChI is InChI=1S/C29H45N3O6Si/c1-20(2)31-16-26(32-15-14-25(33)30-28(32)35)38-29(17-31,18-36-27(34)24-12-10-9-11-13-24)19-37-39(21(3)4,22(5)6)23(7)8/h9-15,20-23,26H,16-19H2,1-8H3,(H,30,33,35)/t26-,29+/m1/s1. The second-order valence-electron chi connectivity index (χ2n) is 11.8. The first-order chi connectivity index (χ1) is 18.3. The van der Waals surface area contributed by atoms with Crippen molar-refractivity contribution < 1.29 is 18.7 Å². The molecule has 3 rings (SSSR count). The van der Waals surface area contributed by atoms with Crippen LogP contribution in [0.5, 0.6) is 0 Å². The Morgan fingerprint density at radius 2 is 1.62 bits per heavy atom. The number of morpholine rings is 1.